The van der Waals surface area contributed by atoms with Crippen LogP contribution in [0.2, 0.25) is 0 Å². The third kappa shape index (κ3) is 1.46. The summed E-state index contributed by atoms with van der Waals surface area (Å²) in [5, 5.41) is 29.9. The molecule has 3 unspecified atom stereocenters. The Balaban J connectivity index is 1.51. The molecular formula is C14H22O4. The third-order valence-electron chi connectivity index (χ3n) is 5.83. The van der Waals surface area contributed by atoms with Gasteiger partial charge in [-0.3, -0.25) is 0 Å². The Bertz CT molecular complexity index is 367. The molecule has 4 nitrogen and oxygen atoms in total. The van der Waals surface area contributed by atoms with Crippen LogP contribution in [0.15, 0.2) is 0 Å². The third-order valence-corrected chi connectivity index (χ3v) is 5.83. The molecule has 4 fully saturated rings. The van der Waals surface area contributed by atoms with E-state index in [0.717, 1.165) is 12.8 Å². The summed E-state index contributed by atoms with van der Waals surface area (Å²) >= 11 is 0. The van der Waals surface area contributed by atoms with Gasteiger partial charge in [-0.1, -0.05) is 6.42 Å². The SMILES string of the molecule is OC1CC12OC([C@H]1CCCC3(CC3)C1)[C@H](O)[C@@H]2O. The molecule has 3 saturated carbocycles. The fraction of sp³-hybridized carbons (Fsp3) is 1.00. The molecule has 0 aromatic heterocycles. The summed E-state index contributed by atoms with van der Waals surface area (Å²) in [6.07, 6.45) is 5.28. The van der Waals surface area contributed by atoms with Crippen LogP contribution in [0, 0.1) is 11.3 Å². The number of aliphatic hydroxyl groups is 3. The number of hydrogen-bond donors (Lipinski definition) is 3. The highest BCUT2D eigenvalue weighted by molar-refractivity contribution is 5.19. The van der Waals surface area contributed by atoms with Gasteiger partial charge in [0.05, 0.1) is 12.2 Å². The van der Waals surface area contributed by atoms with Gasteiger partial charge in [-0.2, -0.15) is 0 Å². The fourth-order valence-electron chi connectivity index (χ4n) is 4.34. The minimum absolute atomic E-state index is 0.269. The van der Waals surface area contributed by atoms with Crippen LogP contribution in [-0.2, 0) is 4.74 Å². The van der Waals surface area contributed by atoms with Gasteiger partial charge in [0.1, 0.15) is 17.8 Å². The normalized spacial score (nSPS) is 57.2. The van der Waals surface area contributed by atoms with Crippen LogP contribution in [-0.4, -0.2) is 45.3 Å². The molecule has 0 aromatic carbocycles. The Hall–Kier alpha value is -0.160. The summed E-state index contributed by atoms with van der Waals surface area (Å²) < 4.78 is 5.91. The van der Waals surface area contributed by atoms with Gasteiger partial charge in [0, 0.05) is 6.42 Å². The van der Waals surface area contributed by atoms with E-state index >= 15 is 0 Å². The Morgan fingerprint density at radius 2 is 1.72 bits per heavy atom. The highest BCUT2D eigenvalue weighted by Gasteiger charge is 2.69. The average Bonchev–Trinajstić information content (AvgIpc) is 3.23. The highest BCUT2D eigenvalue weighted by Crippen LogP contribution is 2.60. The largest absolute Gasteiger partial charge is 0.390 e. The van der Waals surface area contributed by atoms with Crippen molar-refractivity contribution in [1.29, 1.82) is 0 Å². The lowest BCUT2D eigenvalue weighted by Gasteiger charge is -2.34. The maximum Gasteiger partial charge on any atom is 0.125 e. The van der Waals surface area contributed by atoms with Gasteiger partial charge in [-0.05, 0) is 43.4 Å². The molecule has 102 valence electrons. The monoisotopic (exact) mass is 254 g/mol. The van der Waals surface area contributed by atoms with Crippen molar-refractivity contribution in [3.8, 4) is 0 Å². The van der Waals surface area contributed by atoms with Crippen LogP contribution in [0.3, 0.4) is 0 Å². The van der Waals surface area contributed by atoms with Crippen LogP contribution in [0.25, 0.3) is 0 Å². The molecule has 4 aliphatic rings. The molecule has 2 spiro atoms. The Labute approximate surface area is 107 Å². The summed E-state index contributed by atoms with van der Waals surface area (Å²) in [4.78, 5) is 0. The molecule has 3 N–H and O–H groups in total. The molecule has 1 heterocycles. The summed E-state index contributed by atoms with van der Waals surface area (Å²) in [6.45, 7) is 0. The Kier molecular flexibility index (Phi) is 2.25. The Morgan fingerprint density at radius 1 is 1.00 bits per heavy atom. The second-order valence-corrected chi connectivity index (χ2v) is 7.05. The van der Waals surface area contributed by atoms with Crippen molar-refractivity contribution in [2.45, 2.75) is 75.0 Å². The quantitative estimate of drug-likeness (QED) is 0.640. The minimum atomic E-state index is -0.908. The first-order valence-electron chi connectivity index (χ1n) is 7.28. The minimum Gasteiger partial charge on any atom is -0.390 e. The summed E-state index contributed by atoms with van der Waals surface area (Å²) in [5.74, 6) is 0.359. The van der Waals surface area contributed by atoms with Crippen LogP contribution in [0.1, 0.15) is 44.9 Å². The van der Waals surface area contributed by atoms with E-state index in [1.54, 1.807) is 0 Å². The van der Waals surface area contributed by atoms with E-state index in [-0.39, 0.29) is 6.10 Å². The van der Waals surface area contributed by atoms with E-state index in [4.69, 9.17) is 4.74 Å². The van der Waals surface area contributed by atoms with Gasteiger partial charge in [0.2, 0.25) is 0 Å². The van der Waals surface area contributed by atoms with E-state index < -0.39 is 23.9 Å². The highest BCUT2D eigenvalue weighted by atomic mass is 16.6. The van der Waals surface area contributed by atoms with Crippen LogP contribution < -0.4 is 0 Å². The van der Waals surface area contributed by atoms with Crippen molar-refractivity contribution >= 4 is 0 Å². The first kappa shape index (κ1) is 11.6. The number of rotatable bonds is 1. The van der Waals surface area contributed by atoms with E-state index in [2.05, 4.69) is 0 Å². The lowest BCUT2D eigenvalue weighted by Crippen LogP contribution is -2.38. The van der Waals surface area contributed by atoms with Crippen molar-refractivity contribution in [2.24, 2.45) is 11.3 Å². The molecular weight excluding hydrogens is 232 g/mol. The van der Waals surface area contributed by atoms with Gasteiger partial charge in [-0.25, -0.2) is 0 Å². The number of hydrogen-bond acceptors (Lipinski definition) is 4. The molecule has 18 heavy (non-hydrogen) atoms. The van der Waals surface area contributed by atoms with Gasteiger partial charge < -0.3 is 20.1 Å². The first-order chi connectivity index (χ1) is 8.56. The second-order valence-electron chi connectivity index (χ2n) is 7.05. The number of ether oxygens (including phenoxy) is 1. The van der Waals surface area contributed by atoms with Crippen molar-refractivity contribution in [1.82, 2.24) is 0 Å². The molecule has 1 aliphatic heterocycles. The predicted molar refractivity (Wildman–Crippen MR) is 63.9 cm³/mol. The maximum absolute atomic E-state index is 10.2. The average molecular weight is 254 g/mol. The predicted octanol–water partition coefficient (Wildman–Crippen LogP) is 0.581. The second kappa shape index (κ2) is 3.48. The lowest BCUT2D eigenvalue weighted by molar-refractivity contribution is -0.0665. The van der Waals surface area contributed by atoms with Crippen molar-refractivity contribution in [3.63, 3.8) is 0 Å². The first-order valence-corrected chi connectivity index (χ1v) is 7.28. The molecule has 4 rings (SSSR count). The fourth-order valence-corrected chi connectivity index (χ4v) is 4.34. The summed E-state index contributed by atoms with van der Waals surface area (Å²) in [7, 11) is 0. The zero-order valence-corrected chi connectivity index (χ0v) is 10.6. The van der Waals surface area contributed by atoms with E-state index in [9.17, 15) is 15.3 Å². The zero-order chi connectivity index (χ0) is 12.5. The van der Waals surface area contributed by atoms with Crippen molar-refractivity contribution in [3.05, 3.63) is 0 Å². The molecule has 0 radical (unpaired) electrons. The molecule has 0 amide bonds. The molecule has 4 heteroatoms. The summed E-state index contributed by atoms with van der Waals surface area (Å²) in [6, 6.07) is 0. The van der Waals surface area contributed by atoms with Crippen molar-refractivity contribution < 1.29 is 20.1 Å². The van der Waals surface area contributed by atoms with Gasteiger partial charge >= 0.3 is 0 Å². The lowest BCUT2D eigenvalue weighted by atomic mass is 9.75. The molecule has 6 atom stereocenters. The van der Waals surface area contributed by atoms with Gasteiger partial charge in [-0.15, -0.1) is 0 Å². The Morgan fingerprint density at radius 3 is 2.28 bits per heavy atom. The van der Waals surface area contributed by atoms with E-state index in [1.807, 2.05) is 0 Å². The molecule has 1 saturated heterocycles. The zero-order valence-electron chi connectivity index (χ0n) is 10.6. The molecule has 0 bridgehead atoms. The van der Waals surface area contributed by atoms with Crippen molar-refractivity contribution in [2.75, 3.05) is 0 Å². The van der Waals surface area contributed by atoms with Crippen LogP contribution in [0.4, 0.5) is 0 Å². The van der Waals surface area contributed by atoms with Crippen LogP contribution >= 0.6 is 0 Å². The van der Waals surface area contributed by atoms with E-state index in [1.165, 1.54) is 25.7 Å². The standard InChI is InChI=1S/C14H22O4/c15-9-7-14(9)12(17)10(16)11(18-14)8-2-1-3-13(6-8)4-5-13/h8-12,15-17H,1-7H2/t8-,9?,10-,11?,12-,14?/m0/s1. The molecule has 0 aromatic rings. The molecule has 3 aliphatic carbocycles. The maximum atomic E-state index is 10.2. The number of aliphatic hydroxyl groups excluding tert-OH is 3. The van der Waals surface area contributed by atoms with Crippen LogP contribution in [0.5, 0.6) is 0 Å². The van der Waals surface area contributed by atoms with Gasteiger partial charge in [0.15, 0.2) is 0 Å². The van der Waals surface area contributed by atoms with E-state index in [0.29, 0.717) is 17.8 Å². The smallest absolute Gasteiger partial charge is 0.125 e. The topological polar surface area (TPSA) is 69.9 Å². The summed E-state index contributed by atoms with van der Waals surface area (Å²) in [5.41, 5.74) is -0.298. The van der Waals surface area contributed by atoms with Gasteiger partial charge in [0.25, 0.3) is 0 Å².